The van der Waals surface area contributed by atoms with Crippen molar-refractivity contribution < 1.29 is 29.8 Å². The average Bonchev–Trinajstić information content (AvgIpc) is 3.32. The van der Waals surface area contributed by atoms with E-state index in [9.17, 15) is 34.6 Å². The lowest BCUT2D eigenvalue weighted by atomic mass is 10.1. The normalized spacial score (nSPS) is 10.6. The van der Waals surface area contributed by atoms with Crippen LogP contribution in [-0.4, -0.2) is 56.6 Å². The molecular formula is C47H36N10O8. The van der Waals surface area contributed by atoms with Crippen LogP contribution in [0.15, 0.2) is 174 Å². The molecule has 0 atom stereocenters. The van der Waals surface area contributed by atoms with Gasteiger partial charge in [-0.3, -0.25) is 19.2 Å². The maximum atomic E-state index is 13.5. The van der Waals surface area contributed by atoms with E-state index in [4.69, 9.17) is 4.84 Å². The van der Waals surface area contributed by atoms with Gasteiger partial charge in [-0.15, -0.1) is 9.46 Å². The van der Waals surface area contributed by atoms with Gasteiger partial charge in [-0.1, -0.05) is 103 Å². The first-order valence-corrected chi connectivity index (χ1v) is 19.7. The molecule has 18 nitrogen and oxygen atoms in total. The first-order valence-electron chi connectivity index (χ1n) is 19.7. The van der Waals surface area contributed by atoms with E-state index in [0.29, 0.717) is 22.7 Å². The van der Waals surface area contributed by atoms with Crippen LogP contribution in [0.1, 0.15) is 26.3 Å². The van der Waals surface area contributed by atoms with Crippen molar-refractivity contribution in [2.45, 2.75) is 6.61 Å². The number of amides is 2. The first kappa shape index (κ1) is 42.1. The molecule has 2 amide bonds. The molecule has 0 aliphatic rings. The Kier molecular flexibility index (Phi) is 12.3. The number of fused-ring (bicyclic) bond motifs is 2. The number of nitrogens with zero attached hydrogens (tertiary/aromatic N) is 6. The minimum absolute atomic E-state index is 0.0122. The van der Waals surface area contributed by atoms with E-state index in [-0.39, 0.29) is 45.0 Å². The second kappa shape index (κ2) is 19.0. The third kappa shape index (κ3) is 9.21. The monoisotopic (exact) mass is 868 g/mol. The summed E-state index contributed by atoms with van der Waals surface area (Å²) in [4.78, 5) is 74.1. The van der Waals surface area contributed by atoms with Crippen LogP contribution >= 0.6 is 0 Å². The molecular weight excluding hydrogens is 833 g/mol. The fraction of sp³-hybridized carbons (Fsp3) is 0.0213. The molecule has 0 bridgehead atoms. The molecule has 0 saturated carbocycles. The lowest BCUT2D eigenvalue weighted by Crippen LogP contribution is -2.34. The molecule has 4 aromatic heterocycles. The van der Waals surface area contributed by atoms with Crippen molar-refractivity contribution in [2.24, 2.45) is 0 Å². The molecule has 65 heavy (non-hydrogen) atoms. The van der Waals surface area contributed by atoms with E-state index < -0.39 is 45.6 Å². The molecule has 0 radical (unpaired) electrons. The van der Waals surface area contributed by atoms with Gasteiger partial charge in [-0.2, -0.15) is 0 Å². The maximum Gasteiger partial charge on any atom is 0.301 e. The smallest absolute Gasteiger partial charge is 0.301 e. The number of benzene rings is 5. The summed E-state index contributed by atoms with van der Waals surface area (Å²) in [6.07, 6.45) is 2.38. The predicted molar refractivity (Wildman–Crippen MR) is 243 cm³/mol. The van der Waals surface area contributed by atoms with Crippen molar-refractivity contribution in [2.75, 3.05) is 21.3 Å². The Bertz CT molecular complexity index is 3270. The minimum atomic E-state index is -1.10. The van der Waals surface area contributed by atoms with Gasteiger partial charge in [0.05, 0.1) is 0 Å². The maximum absolute atomic E-state index is 13.5. The molecule has 322 valence electrons. The third-order valence-corrected chi connectivity index (χ3v) is 9.59. The van der Waals surface area contributed by atoms with Crippen LogP contribution in [-0.2, 0) is 6.61 Å². The third-order valence-electron chi connectivity index (χ3n) is 9.59. The van der Waals surface area contributed by atoms with E-state index in [1.807, 2.05) is 66.7 Å². The summed E-state index contributed by atoms with van der Waals surface area (Å²) in [6, 6.07) is 44.4. The number of nitrogens with one attached hydrogen (secondary N) is 4. The quantitative estimate of drug-likeness (QED) is 0.0657. The summed E-state index contributed by atoms with van der Waals surface area (Å²) in [7, 11) is 0. The number of hydrogen-bond donors (Lipinski definition) is 7. The van der Waals surface area contributed by atoms with Crippen LogP contribution < -0.4 is 37.2 Å². The zero-order chi connectivity index (χ0) is 45.3. The summed E-state index contributed by atoms with van der Waals surface area (Å²) in [5.74, 6) is -2.54. The highest BCUT2D eigenvalue weighted by molar-refractivity contribution is 6.11. The van der Waals surface area contributed by atoms with E-state index in [0.717, 1.165) is 16.6 Å². The summed E-state index contributed by atoms with van der Waals surface area (Å²) in [5.41, 5.74) is -0.277. The van der Waals surface area contributed by atoms with E-state index in [1.165, 1.54) is 6.33 Å². The SMILES string of the molecule is O=C(Nc1ccccc1)c1c(O)c2c(Nc3ccccc3)ncnc2n(O)c1=O.O=C(Nc1ccccc1)c1c(O)c2c(Nc3ccccc3)ncnc2n(OCc2ccccc2)c1=O. The van der Waals surface area contributed by atoms with Crippen LogP contribution in [0.3, 0.4) is 0 Å². The average molecular weight is 869 g/mol. The molecule has 0 saturated heterocycles. The highest BCUT2D eigenvalue weighted by Gasteiger charge is 2.28. The van der Waals surface area contributed by atoms with Crippen LogP contribution in [0.4, 0.5) is 34.4 Å². The second-order valence-corrected chi connectivity index (χ2v) is 13.9. The number of aromatic nitrogens is 6. The molecule has 0 fully saturated rings. The van der Waals surface area contributed by atoms with Gasteiger partial charge in [0, 0.05) is 22.7 Å². The van der Waals surface area contributed by atoms with Gasteiger partial charge < -0.3 is 41.5 Å². The van der Waals surface area contributed by atoms with Crippen molar-refractivity contribution in [1.29, 1.82) is 0 Å². The zero-order valence-electron chi connectivity index (χ0n) is 33.9. The Hall–Kier alpha value is -9.58. The molecule has 5 aromatic carbocycles. The summed E-state index contributed by atoms with van der Waals surface area (Å²) >= 11 is 0. The van der Waals surface area contributed by atoms with Gasteiger partial charge in [0.15, 0.2) is 22.4 Å². The van der Waals surface area contributed by atoms with Crippen LogP contribution in [0.5, 0.6) is 11.5 Å². The molecule has 9 aromatic rings. The van der Waals surface area contributed by atoms with Gasteiger partial charge >= 0.3 is 11.1 Å². The lowest BCUT2D eigenvalue weighted by Gasteiger charge is -2.17. The molecule has 0 unspecified atom stereocenters. The second-order valence-electron chi connectivity index (χ2n) is 13.9. The Balaban J connectivity index is 0.000000181. The summed E-state index contributed by atoms with van der Waals surface area (Å²) in [6.45, 7) is 0.0335. The van der Waals surface area contributed by atoms with Gasteiger partial charge in [-0.05, 0) is 54.1 Å². The zero-order valence-corrected chi connectivity index (χ0v) is 33.9. The van der Waals surface area contributed by atoms with Crippen LogP contribution in [0, 0.1) is 0 Å². The van der Waals surface area contributed by atoms with Crippen molar-refractivity contribution in [3.8, 4) is 11.5 Å². The number of carbonyl (C=O) groups is 2. The van der Waals surface area contributed by atoms with Gasteiger partial charge in [0.25, 0.3) is 11.8 Å². The van der Waals surface area contributed by atoms with E-state index >= 15 is 0 Å². The van der Waals surface area contributed by atoms with Crippen LogP contribution in [0.25, 0.3) is 22.1 Å². The molecule has 0 aliphatic carbocycles. The number of carbonyl (C=O) groups excluding carboxylic acids is 2. The highest BCUT2D eigenvalue weighted by Crippen LogP contribution is 2.34. The fourth-order valence-corrected chi connectivity index (χ4v) is 6.53. The number of anilines is 6. The Morgan fingerprint density at radius 2 is 0.892 bits per heavy atom. The molecule has 0 aliphatic heterocycles. The molecule has 9 rings (SSSR count). The largest absolute Gasteiger partial charge is 0.506 e. The van der Waals surface area contributed by atoms with Gasteiger partial charge in [-0.25, -0.2) is 19.9 Å². The van der Waals surface area contributed by atoms with Crippen LogP contribution in [0.2, 0.25) is 0 Å². The highest BCUT2D eigenvalue weighted by atomic mass is 16.7. The standard InChI is InChI=1S/C27H21N5O4.C20H15N5O4/c33-23-21-24(30-19-12-6-2-7-13-19)28-17-29-25(21)32(36-16-18-10-4-1-5-11-18)27(35)22(23)26(34)31-20-14-8-3-9-15-20;26-16-14-17(23-12-7-3-1-4-8-12)21-11-22-18(14)25(29)20(28)15(16)19(27)24-13-9-5-2-6-10-13/h1-15,17,33H,16H2,(H,31,34)(H,28,29,30);1-11,26,29H,(H,24,27)(H,21,22,23). The molecule has 7 N–H and O–H groups in total. The Morgan fingerprint density at radius 1 is 0.508 bits per heavy atom. The minimum Gasteiger partial charge on any atom is -0.506 e. The summed E-state index contributed by atoms with van der Waals surface area (Å²) in [5, 5.41) is 43.5. The van der Waals surface area contributed by atoms with Gasteiger partial charge in [0.2, 0.25) is 0 Å². The van der Waals surface area contributed by atoms with Crippen molar-refractivity contribution in [3.63, 3.8) is 0 Å². The van der Waals surface area contributed by atoms with Crippen molar-refractivity contribution in [1.82, 2.24) is 29.4 Å². The number of pyridine rings is 2. The number of para-hydroxylation sites is 4. The lowest BCUT2D eigenvalue weighted by molar-refractivity contribution is 0.0928. The first-order chi connectivity index (χ1) is 31.7. The Morgan fingerprint density at radius 3 is 1.35 bits per heavy atom. The van der Waals surface area contributed by atoms with E-state index in [1.54, 1.807) is 84.9 Å². The predicted octanol–water partition coefficient (Wildman–Crippen LogP) is 6.85. The van der Waals surface area contributed by atoms with Crippen molar-refractivity contribution in [3.05, 3.63) is 202 Å². The molecule has 0 spiro atoms. The van der Waals surface area contributed by atoms with Gasteiger partial charge in [0.1, 0.15) is 53.2 Å². The van der Waals surface area contributed by atoms with E-state index in [2.05, 4.69) is 41.2 Å². The fourth-order valence-electron chi connectivity index (χ4n) is 6.53. The molecule has 18 heteroatoms. The summed E-state index contributed by atoms with van der Waals surface area (Å²) < 4.78 is 1.13. The topological polar surface area (TPSA) is 248 Å². The number of hydrogen-bond acceptors (Lipinski definition) is 14. The molecule has 4 heterocycles. The number of rotatable bonds is 11. The number of aromatic hydroxyl groups is 2. The Labute approximate surface area is 367 Å². The van der Waals surface area contributed by atoms with Crippen molar-refractivity contribution >= 4 is 68.3 Å².